The van der Waals surface area contributed by atoms with Crippen LogP contribution in [0.25, 0.3) is 10.9 Å². The number of likely N-dealkylation sites (tertiary alicyclic amines) is 1. The Hall–Kier alpha value is -1.81. The van der Waals surface area contributed by atoms with Crippen LogP contribution in [0.5, 0.6) is 0 Å². The minimum absolute atomic E-state index is 0.102. The van der Waals surface area contributed by atoms with Crippen molar-refractivity contribution >= 4 is 16.8 Å². The second kappa shape index (κ2) is 7.46. The number of piperidine rings is 1. The molecule has 0 spiro atoms. The molecule has 1 N–H and O–H groups in total. The minimum Gasteiger partial charge on any atom is -0.353 e. The smallest absolute Gasteiger partial charge is 0.224 e. The molecule has 4 nitrogen and oxygen atoms in total. The molecule has 4 heteroatoms. The maximum absolute atomic E-state index is 13.2. The molecule has 156 valence electrons. The van der Waals surface area contributed by atoms with Gasteiger partial charge in [-0.2, -0.15) is 0 Å². The van der Waals surface area contributed by atoms with Gasteiger partial charge in [-0.25, -0.2) is 0 Å². The lowest BCUT2D eigenvalue weighted by Crippen LogP contribution is -2.52. The van der Waals surface area contributed by atoms with E-state index in [0.717, 1.165) is 44.7 Å². The maximum Gasteiger partial charge on any atom is 0.224 e. The van der Waals surface area contributed by atoms with Crippen molar-refractivity contribution in [3.8, 4) is 0 Å². The van der Waals surface area contributed by atoms with E-state index in [4.69, 9.17) is 0 Å². The monoisotopic (exact) mass is 393 g/mol. The Bertz CT molecular complexity index is 908. The average molecular weight is 394 g/mol. The van der Waals surface area contributed by atoms with Gasteiger partial charge in [-0.1, -0.05) is 19.1 Å². The zero-order valence-corrected chi connectivity index (χ0v) is 18.2. The molecule has 2 aliphatic carbocycles. The van der Waals surface area contributed by atoms with E-state index in [1.54, 1.807) is 0 Å². The first kappa shape index (κ1) is 19.2. The van der Waals surface area contributed by atoms with Gasteiger partial charge in [-0.15, -0.1) is 0 Å². The number of benzene rings is 1. The van der Waals surface area contributed by atoms with Crippen molar-refractivity contribution in [2.45, 2.75) is 76.9 Å². The first-order chi connectivity index (χ1) is 14.0. The first-order valence-electron chi connectivity index (χ1n) is 11.7. The summed E-state index contributed by atoms with van der Waals surface area (Å²) < 4.78 is 2.39. The quantitative estimate of drug-likeness (QED) is 0.843. The number of carbonyl (C=O) groups excluding carboxylic acids is 1. The van der Waals surface area contributed by atoms with Crippen molar-refractivity contribution < 1.29 is 4.79 Å². The Morgan fingerprint density at radius 2 is 2.00 bits per heavy atom. The molecule has 1 saturated carbocycles. The Morgan fingerprint density at radius 1 is 1.21 bits per heavy atom. The maximum atomic E-state index is 13.2. The number of carbonyl (C=O) groups is 1. The Labute approximate surface area is 174 Å². The highest BCUT2D eigenvalue weighted by atomic mass is 16.2. The molecule has 0 bridgehead atoms. The molecule has 1 aromatic heterocycles. The number of rotatable bonds is 3. The zero-order valence-electron chi connectivity index (χ0n) is 18.2. The summed E-state index contributed by atoms with van der Waals surface area (Å²) in [4.78, 5) is 15.6. The molecule has 2 unspecified atom stereocenters. The van der Waals surface area contributed by atoms with Crippen molar-refractivity contribution in [1.82, 2.24) is 14.8 Å². The van der Waals surface area contributed by atoms with Crippen LogP contribution in [0.4, 0.5) is 0 Å². The van der Waals surface area contributed by atoms with E-state index in [1.807, 2.05) is 0 Å². The number of nitrogens with one attached hydrogen (secondary N) is 1. The number of hydrogen-bond acceptors (Lipinski definition) is 2. The fourth-order valence-electron chi connectivity index (χ4n) is 6.29. The highest BCUT2D eigenvalue weighted by molar-refractivity contribution is 5.89. The van der Waals surface area contributed by atoms with Gasteiger partial charge in [0.2, 0.25) is 5.91 Å². The second-order valence-electron chi connectivity index (χ2n) is 9.90. The zero-order chi connectivity index (χ0) is 20.1. The topological polar surface area (TPSA) is 37.3 Å². The van der Waals surface area contributed by atoms with Crippen LogP contribution in [0.1, 0.15) is 63.0 Å². The van der Waals surface area contributed by atoms with Crippen LogP contribution in [0.2, 0.25) is 0 Å². The standard InChI is InChI=1S/C25H35N3O/c1-4-28-15-17-13-23-21(20-6-5-7-22(28)24(17)20)12-18(14-27(23)3)25(29)26-19-10-8-16(2)9-11-19/h5-7,15-16,18-19,21,23H,4,8-14H2,1-3H3,(H,26,29)/t16?,18?,19?,21?,23-/m1/s1. The lowest BCUT2D eigenvalue weighted by molar-refractivity contribution is -0.128. The van der Waals surface area contributed by atoms with E-state index in [2.05, 4.69) is 60.1 Å². The van der Waals surface area contributed by atoms with E-state index in [-0.39, 0.29) is 5.92 Å². The summed E-state index contributed by atoms with van der Waals surface area (Å²) in [6, 6.07) is 7.69. The van der Waals surface area contributed by atoms with Crippen LogP contribution < -0.4 is 5.32 Å². The van der Waals surface area contributed by atoms with E-state index in [9.17, 15) is 4.79 Å². The van der Waals surface area contributed by atoms with Crippen molar-refractivity contribution in [2.24, 2.45) is 11.8 Å². The number of fused-ring (bicyclic) bond motifs is 2. The molecule has 1 saturated heterocycles. The van der Waals surface area contributed by atoms with Gasteiger partial charge in [0.15, 0.2) is 0 Å². The number of amides is 1. The van der Waals surface area contributed by atoms with E-state index in [0.29, 0.717) is 23.9 Å². The van der Waals surface area contributed by atoms with Gasteiger partial charge in [0.25, 0.3) is 0 Å². The van der Waals surface area contributed by atoms with Gasteiger partial charge in [0.05, 0.1) is 5.92 Å². The van der Waals surface area contributed by atoms with Gasteiger partial charge >= 0.3 is 0 Å². The molecule has 1 aliphatic heterocycles. The summed E-state index contributed by atoms with van der Waals surface area (Å²) in [5.74, 6) is 1.67. The molecule has 29 heavy (non-hydrogen) atoms. The molecule has 2 heterocycles. The molecule has 3 atom stereocenters. The van der Waals surface area contributed by atoms with Crippen molar-refractivity contribution in [3.05, 3.63) is 35.5 Å². The predicted molar refractivity (Wildman–Crippen MR) is 118 cm³/mol. The number of likely N-dealkylation sites (N-methyl/N-ethyl adjacent to an activating group) is 1. The van der Waals surface area contributed by atoms with Gasteiger partial charge in [-0.05, 0) is 75.6 Å². The van der Waals surface area contributed by atoms with Crippen LogP contribution in [-0.2, 0) is 17.8 Å². The van der Waals surface area contributed by atoms with E-state index < -0.39 is 0 Å². The summed E-state index contributed by atoms with van der Waals surface area (Å²) >= 11 is 0. The van der Waals surface area contributed by atoms with Gasteiger partial charge in [0, 0.05) is 48.2 Å². The normalized spacial score (nSPS) is 32.2. The summed E-state index contributed by atoms with van der Waals surface area (Å²) in [5, 5.41) is 4.88. The number of nitrogens with zero attached hydrogens (tertiary/aromatic N) is 2. The third-order valence-corrected chi connectivity index (χ3v) is 8.00. The average Bonchev–Trinajstić information content (AvgIpc) is 3.09. The van der Waals surface area contributed by atoms with Crippen molar-refractivity contribution in [3.63, 3.8) is 0 Å². The summed E-state index contributed by atoms with van der Waals surface area (Å²) in [7, 11) is 2.22. The van der Waals surface area contributed by atoms with Crippen LogP contribution in [0.3, 0.4) is 0 Å². The highest BCUT2D eigenvalue weighted by Gasteiger charge is 2.42. The molecule has 3 aliphatic rings. The minimum atomic E-state index is 0.102. The van der Waals surface area contributed by atoms with E-state index in [1.165, 1.54) is 34.9 Å². The predicted octanol–water partition coefficient (Wildman–Crippen LogP) is 4.32. The van der Waals surface area contributed by atoms with Crippen molar-refractivity contribution in [1.29, 1.82) is 0 Å². The van der Waals surface area contributed by atoms with Crippen molar-refractivity contribution in [2.75, 3.05) is 13.6 Å². The van der Waals surface area contributed by atoms with Crippen LogP contribution in [0, 0.1) is 11.8 Å². The molecule has 2 aromatic rings. The summed E-state index contributed by atoms with van der Waals surface area (Å²) in [5.41, 5.74) is 4.32. The molecule has 1 amide bonds. The molecule has 5 rings (SSSR count). The molecular formula is C25H35N3O. The van der Waals surface area contributed by atoms with Gasteiger partial charge in [-0.3, -0.25) is 4.79 Å². The number of hydrogen-bond donors (Lipinski definition) is 1. The molecule has 1 aromatic carbocycles. The number of aromatic nitrogens is 1. The Morgan fingerprint density at radius 3 is 2.76 bits per heavy atom. The van der Waals surface area contributed by atoms with Gasteiger partial charge < -0.3 is 14.8 Å². The largest absolute Gasteiger partial charge is 0.353 e. The van der Waals surface area contributed by atoms with Gasteiger partial charge in [0.1, 0.15) is 0 Å². The van der Waals surface area contributed by atoms with Crippen LogP contribution >= 0.6 is 0 Å². The summed E-state index contributed by atoms with van der Waals surface area (Å²) in [6.07, 6.45) is 9.25. The third kappa shape index (κ3) is 3.30. The van der Waals surface area contributed by atoms with Crippen LogP contribution in [-0.4, -0.2) is 41.1 Å². The Kier molecular flexibility index (Phi) is 4.93. The fraction of sp³-hybridized carbons (Fsp3) is 0.640. The lowest BCUT2D eigenvalue weighted by atomic mass is 9.72. The SMILES string of the molecule is CCn1cc2c3c(cccc31)C1CC(C(=O)NC3CCC(C)CC3)CN(C)[C@@H]1C2. The second-order valence-corrected chi connectivity index (χ2v) is 9.90. The fourth-order valence-corrected chi connectivity index (χ4v) is 6.29. The number of aryl methyl sites for hydroxylation is 1. The molecule has 0 radical (unpaired) electrons. The Balaban J connectivity index is 1.39. The first-order valence-corrected chi connectivity index (χ1v) is 11.7. The van der Waals surface area contributed by atoms with E-state index >= 15 is 0 Å². The van der Waals surface area contributed by atoms with Crippen LogP contribution in [0.15, 0.2) is 24.4 Å². The lowest BCUT2D eigenvalue weighted by Gasteiger charge is -2.45. The highest BCUT2D eigenvalue weighted by Crippen LogP contribution is 2.45. The molecule has 2 fully saturated rings. The third-order valence-electron chi connectivity index (χ3n) is 8.00. The summed E-state index contributed by atoms with van der Waals surface area (Å²) in [6.45, 7) is 6.45. The molecular weight excluding hydrogens is 358 g/mol.